The number of benzene rings is 2. The van der Waals surface area contributed by atoms with Crippen molar-refractivity contribution in [2.45, 2.75) is 44.4 Å². The summed E-state index contributed by atoms with van der Waals surface area (Å²) in [6, 6.07) is 15.4. The van der Waals surface area contributed by atoms with Gasteiger partial charge in [-0.3, -0.25) is 14.8 Å². The van der Waals surface area contributed by atoms with Crippen LogP contribution < -0.4 is 0 Å². The summed E-state index contributed by atoms with van der Waals surface area (Å²) in [5, 5.41) is 2.78. The Morgan fingerprint density at radius 2 is 1.84 bits per heavy atom. The Balaban J connectivity index is 0.000000453. The smallest absolute Gasteiger partial charge is 0.253 e. The molecule has 0 spiro atoms. The number of piperidine rings is 1. The number of aryl methyl sites for hydroxylation is 1. The van der Waals surface area contributed by atoms with Crippen LogP contribution in [-0.2, 0) is 6.42 Å². The molecule has 2 aliphatic heterocycles. The van der Waals surface area contributed by atoms with E-state index in [0.29, 0.717) is 5.92 Å². The van der Waals surface area contributed by atoms with Crippen LogP contribution in [0.2, 0.25) is 0 Å². The van der Waals surface area contributed by atoms with Gasteiger partial charge in [-0.05, 0) is 89.6 Å². The lowest BCUT2D eigenvalue weighted by Gasteiger charge is -2.32. The van der Waals surface area contributed by atoms with E-state index < -0.39 is 0 Å². The van der Waals surface area contributed by atoms with Crippen LogP contribution in [0.15, 0.2) is 77.6 Å². The molecule has 1 fully saturated rings. The second kappa shape index (κ2) is 11.1. The Labute approximate surface area is 223 Å². The highest BCUT2D eigenvalue weighted by molar-refractivity contribution is 8.12. The monoisotopic (exact) mass is 507 g/mol. The molecule has 3 aromatic rings. The van der Waals surface area contributed by atoms with Gasteiger partial charge < -0.3 is 4.90 Å². The first-order valence-electron chi connectivity index (χ1n) is 13.5. The fraction of sp³-hybridized carbons (Fsp3) is 0.344. The zero-order chi connectivity index (χ0) is 25.0. The highest BCUT2D eigenvalue weighted by Crippen LogP contribution is 2.40. The van der Waals surface area contributed by atoms with Crippen LogP contribution in [0.3, 0.4) is 0 Å². The molecule has 0 atom stereocenters. The third kappa shape index (κ3) is 5.15. The van der Waals surface area contributed by atoms with Crippen LogP contribution in [0.4, 0.5) is 0 Å². The van der Waals surface area contributed by atoms with Crippen molar-refractivity contribution >= 4 is 39.6 Å². The summed E-state index contributed by atoms with van der Waals surface area (Å²) in [7, 11) is 0. The first kappa shape index (κ1) is 24.2. The SMILES string of the molecule is C1=NCCS1.O=C(c1ccncc1)N1CCC(c2ccc3c4c(ccc3c2)C2=C(CCC=C2)CC4)CC1. The third-order valence-electron chi connectivity index (χ3n) is 8.07. The molecule has 37 heavy (non-hydrogen) atoms. The van der Waals surface area contributed by atoms with Crippen molar-refractivity contribution in [3.8, 4) is 0 Å². The number of rotatable bonds is 2. The van der Waals surface area contributed by atoms with E-state index in [-0.39, 0.29) is 5.91 Å². The molecule has 5 heteroatoms. The van der Waals surface area contributed by atoms with Crippen LogP contribution >= 0.6 is 11.8 Å². The Bertz CT molecular complexity index is 1380. The molecule has 2 aliphatic carbocycles. The summed E-state index contributed by atoms with van der Waals surface area (Å²) < 4.78 is 0. The van der Waals surface area contributed by atoms with Crippen molar-refractivity contribution in [3.63, 3.8) is 0 Å². The number of hydrogen-bond acceptors (Lipinski definition) is 4. The number of thioether (sulfide) groups is 1. The van der Waals surface area contributed by atoms with Gasteiger partial charge >= 0.3 is 0 Å². The number of fused-ring (bicyclic) bond motifs is 4. The Kier molecular flexibility index (Phi) is 7.22. The predicted octanol–water partition coefficient (Wildman–Crippen LogP) is 7.07. The number of nitrogens with zero attached hydrogens (tertiary/aromatic N) is 3. The van der Waals surface area contributed by atoms with Crippen molar-refractivity contribution < 1.29 is 4.79 Å². The molecule has 7 rings (SSSR count). The van der Waals surface area contributed by atoms with Gasteiger partial charge in [-0.2, -0.15) is 0 Å². The number of amides is 1. The lowest BCUT2D eigenvalue weighted by molar-refractivity contribution is 0.0713. The summed E-state index contributed by atoms with van der Waals surface area (Å²) in [4.78, 5) is 22.7. The molecule has 4 nitrogen and oxygen atoms in total. The fourth-order valence-electron chi connectivity index (χ4n) is 6.07. The minimum absolute atomic E-state index is 0.126. The fourth-order valence-corrected chi connectivity index (χ4v) is 6.60. The van der Waals surface area contributed by atoms with E-state index in [0.717, 1.165) is 44.5 Å². The van der Waals surface area contributed by atoms with Crippen LogP contribution in [0.5, 0.6) is 0 Å². The molecule has 188 valence electrons. The standard InChI is InChI=1S/C29H28N2O.C3H5NS/c32-29(22-11-15-30-16-12-22)31-17-13-20(14-18-31)23-6-8-26-24(19-23)7-10-27-25-4-2-1-3-21(25)5-9-28(26)27;1-2-5-3-4-1/h2,4,6-8,10-12,15-16,19-20H,1,3,5,9,13-14,17-18H2;3H,1-2H2. The normalized spacial score (nSPS) is 18.9. The molecule has 0 saturated carbocycles. The van der Waals surface area contributed by atoms with Crippen LogP contribution in [0.25, 0.3) is 16.3 Å². The van der Waals surface area contributed by atoms with Crippen molar-refractivity contribution in [3.05, 3.63) is 94.8 Å². The largest absolute Gasteiger partial charge is 0.339 e. The number of hydrogen-bond donors (Lipinski definition) is 0. The Morgan fingerprint density at radius 1 is 0.973 bits per heavy atom. The minimum atomic E-state index is 0.126. The van der Waals surface area contributed by atoms with Gasteiger partial charge in [-0.25, -0.2) is 0 Å². The Morgan fingerprint density at radius 3 is 2.59 bits per heavy atom. The number of carbonyl (C=O) groups excluding carboxylic acids is 1. The van der Waals surface area contributed by atoms with Crippen molar-refractivity contribution in [1.29, 1.82) is 0 Å². The number of aromatic nitrogens is 1. The van der Waals surface area contributed by atoms with E-state index in [4.69, 9.17) is 0 Å². The average Bonchev–Trinajstić information content (AvgIpc) is 3.57. The van der Waals surface area contributed by atoms with E-state index in [2.05, 4.69) is 52.5 Å². The zero-order valence-electron chi connectivity index (χ0n) is 21.2. The van der Waals surface area contributed by atoms with Crippen LogP contribution in [0.1, 0.15) is 65.1 Å². The molecule has 2 aromatic carbocycles. The van der Waals surface area contributed by atoms with E-state index in [1.807, 2.05) is 10.4 Å². The Hall–Kier alpha value is -3.18. The van der Waals surface area contributed by atoms with Crippen molar-refractivity contribution in [1.82, 2.24) is 9.88 Å². The zero-order valence-corrected chi connectivity index (χ0v) is 22.1. The molecule has 0 radical (unpaired) electrons. The van der Waals surface area contributed by atoms with E-state index >= 15 is 0 Å². The summed E-state index contributed by atoms with van der Waals surface area (Å²) in [6.07, 6.45) is 14.9. The summed E-state index contributed by atoms with van der Waals surface area (Å²) >= 11 is 1.78. The second-order valence-electron chi connectivity index (χ2n) is 10.2. The van der Waals surface area contributed by atoms with Gasteiger partial charge in [0.15, 0.2) is 0 Å². The van der Waals surface area contributed by atoms with Crippen LogP contribution in [-0.4, -0.2) is 46.7 Å². The van der Waals surface area contributed by atoms with E-state index in [9.17, 15) is 4.79 Å². The third-order valence-corrected chi connectivity index (χ3v) is 8.79. The lowest BCUT2D eigenvalue weighted by Crippen LogP contribution is -2.37. The maximum Gasteiger partial charge on any atom is 0.253 e. The maximum absolute atomic E-state index is 12.7. The van der Waals surface area contributed by atoms with Gasteiger partial charge in [0.1, 0.15) is 0 Å². The van der Waals surface area contributed by atoms with Gasteiger partial charge in [-0.1, -0.05) is 48.1 Å². The molecular weight excluding hydrogens is 474 g/mol. The highest BCUT2D eigenvalue weighted by Gasteiger charge is 2.25. The van der Waals surface area contributed by atoms with Crippen molar-refractivity contribution in [2.24, 2.45) is 4.99 Å². The first-order valence-corrected chi connectivity index (χ1v) is 14.6. The summed E-state index contributed by atoms with van der Waals surface area (Å²) in [5.74, 6) is 1.84. The minimum Gasteiger partial charge on any atom is -0.339 e. The summed E-state index contributed by atoms with van der Waals surface area (Å²) in [5.41, 5.74) is 10.2. The van der Waals surface area contributed by atoms with Crippen molar-refractivity contribution in [2.75, 3.05) is 25.4 Å². The summed E-state index contributed by atoms with van der Waals surface area (Å²) in [6.45, 7) is 2.67. The van der Waals surface area contributed by atoms with Crippen LogP contribution in [0, 0.1) is 0 Å². The molecule has 0 bridgehead atoms. The molecule has 3 heterocycles. The van der Waals surface area contributed by atoms with E-state index in [1.165, 1.54) is 58.1 Å². The van der Waals surface area contributed by atoms with E-state index in [1.54, 1.807) is 41.9 Å². The quantitative estimate of drug-likeness (QED) is 0.373. The highest BCUT2D eigenvalue weighted by atomic mass is 32.2. The molecular formula is C32H33N3OS. The van der Waals surface area contributed by atoms with Gasteiger partial charge in [-0.15, -0.1) is 11.8 Å². The number of likely N-dealkylation sites (tertiary alicyclic amines) is 1. The number of aliphatic imine (C=N–C) groups is 1. The molecule has 0 unspecified atom stereocenters. The number of carbonyl (C=O) groups is 1. The van der Waals surface area contributed by atoms with Gasteiger partial charge in [0.05, 0.1) is 5.55 Å². The first-order chi connectivity index (χ1) is 18.3. The van der Waals surface area contributed by atoms with Gasteiger partial charge in [0, 0.05) is 43.3 Å². The van der Waals surface area contributed by atoms with Gasteiger partial charge in [0.2, 0.25) is 0 Å². The predicted molar refractivity (Wildman–Crippen MR) is 155 cm³/mol. The number of allylic oxidation sites excluding steroid dienone is 4. The topological polar surface area (TPSA) is 45.6 Å². The van der Waals surface area contributed by atoms with Gasteiger partial charge in [0.25, 0.3) is 5.91 Å². The molecule has 0 N–H and O–H groups in total. The average molecular weight is 508 g/mol. The molecule has 1 saturated heterocycles. The number of pyridine rings is 1. The second-order valence-corrected chi connectivity index (χ2v) is 11.2. The maximum atomic E-state index is 12.7. The molecule has 1 aromatic heterocycles. The lowest BCUT2D eigenvalue weighted by atomic mass is 9.79. The molecule has 4 aliphatic rings. The molecule has 1 amide bonds.